The number of hydrogen-bond acceptors (Lipinski definition) is 0. The molecule has 2 radical (unpaired) electrons. The molecule has 2 rings (SSSR count). The van der Waals surface area contributed by atoms with Gasteiger partial charge >= 0.3 is 0 Å². The Morgan fingerprint density at radius 3 is 2.14 bits per heavy atom. The Morgan fingerprint density at radius 2 is 1.50 bits per heavy atom. The lowest BCUT2D eigenvalue weighted by molar-refractivity contribution is 0.417. The van der Waals surface area contributed by atoms with Gasteiger partial charge in [0.2, 0.25) is 16.3 Å². The standard InChI is InChI=1S/C8H2F4N.Al/c9-4-3-1-2-13-8(3)7(12)6(11)5(4)10;/h1,13H;. The molecule has 1 nitrogen and oxygen atoms in total. The fourth-order valence-electron chi connectivity index (χ4n) is 1.24. The average molecular weight is 215 g/mol. The number of aromatic nitrogens is 1. The number of rotatable bonds is 0. The van der Waals surface area contributed by atoms with Gasteiger partial charge in [0, 0.05) is 5.39 Å². The molecule has 1 aromatic carbocycles. The first-order chi connectivity index (χ1) is 6.52. The highest BCUT2D eigenvalue weighted by molar-refractivity contribution is 6.32. The summed E-state index contributed by atoms with van der Waals surface area (Å²) in [5, 5.41) is -0.300. The van der Waals surface area contributed by atoms with Gasteiger partial charge in [-0.25, -0.2) is 17.6 Å². The van der Waals surface area contributed by atoms with Crippen LogP contribution in [0.15, 0.2) is 6.07 Å². The summed E-state index contributed by atoms with van der Waals surface area (Å²) >= 11 is 2.15. The van der Waals surface area contributed by atoms with Crippen molar-refractivity contribution in [1.82, 2.24) is 4.98 Å². The third-order valence-electron chi connectivity index (χ3n) is 1.87. The molecule has 0 amide bonds. The molecule has 0 saturated carbocycles. The average Bonchev–Trinajstić information content (AvgIpc) is 2.54. The van der Waals surface area contributed by atoms with Crippen molar-refractivity contribution in [3.63, 3.8) is 0 Å². The van der Waals surface area contributed by atoms with Gasteiger partial charge in [0.05, 0.1) is 5.52 Å². The minimum absolute atomic E-state index is 0.300. The zero-order valence-electron chi connectivity index (χ0n) is 6.67. The SMILES string of the molecule is Fc1c(F)c(F)c2[nH][c]([Al])cc2c1F. The Bertz CT molecular complexity index is 475. The zero-order chi connectivity index (χ0) is 10.5. The van der Waals surface area contributed by atoms with Crippen molar-refractivity contribution < 1.29 is 17.6 Å². The molecule has 1 aromatic heterocycles. The van der Waals surface area contributed by atoms with Crippen LogP contribution in [0, 0.1) is 23.3 Å². The van der Waals surface area contributed by atoms with E-state index in [4.69, 9.17) is 0 Å². The molecule has 6 heteroatoms. The lowest BCUT2D eigenvalue weighted by atomic mass is 10.2. The molecule has 0 atom stereocenters. The number of H-pyrrole nitrogens is 1. The van der Waals surface area contributed by atoms with Crippen molar-refractivity contribution in [1.29, 1.82) is 0 Å². The van der Waals surface area contributed by atoms with Crippen molar-refractivity contribution in [2.75, 3.05) is 0 Å². The van der Waals surface area contributed by atoms with Gasteiger partial charge in [0.15, 0.2) is 23.3 Å². The summed E-state index contributed by atoms with van der Waals surface area (Å²) in [6, 6.07) is 1.18. The molecular weight excluding hydrogens is 213 g/mol. The van der Waals surface area contributed by atoms with Gasteiger partial charge < -0.3 is 4.98 Å². The number of nitrogens with one attached hydrogen (secondary N) is 1. The second-order valence-electron chi connectivity index (χ2n) is 2.77. The first-order valence-corrected chi connectivity index (χ1v) is 4.20. The number of aromatic amines is 1. The Balaban J connectivity index is 3.01. The molecule has 0 fully saturated rings. The van der Waals surface area contributed by atoms with E-state index in [0.29, 0.717) is 4.56 Å². The molecule has 0 unspecified atom stereocenters. The van der Waals surface area contributed by atoms with Gasteiger partial charge in [-0.2, -0.15) is 0 Å². The number of halogens is 4. The molecule has 70 valence electrons. The third kappa shape index (κ3) is 1.15. The van der Waals surface area contributed by atoms with Crippen molar-refractivity contribution in [3.8, 4) is 0 Å². The van der Waals surface area contributed by atoms with E-state index in [-0.39, 0.29) is 10.9 Å². The Hall–Kier alpha value is -0.988. The van der Waals surface area contributed by atoms with E-state index >= 15 is 0 Å². The van der Waals surface area contributed by atoms with Crippen LogP contribution in [0.25, 0.3) is 10.9 Å². The van der Waals surface area contributed by atoms with Crippen molar-refractivity contribution >= 4 is 31.7 Å². The van der Waals surface area contributed by atoms with Crippen LogP contribution >= 0.6 is 0 Å². The van der Waals surface area contributed by atoms with E-state index in [1.165, 1.54) is 6.07 Å². The third-order valence-corrected chi connectivity index (χ3v) is 2.18. The highest BCUT2D eigenvalue weighted by atomic mass is 27.0. The Kier molecular flexibility index (Phi) is 2.05. The molecule has 0 bridgehead atoms. The molecule has 0 aliphatic heterocycles. The van der Waals surface area contributed by atoms with Gasteiger partial charge in [0.1, 0.15) is 0 Å². The quantitative estimate of drug-likeness (QED) is 0.297. The first-order valence-electron chi connectivity index (χ1n) is 3.62. The summed E-state index contributed by atoms with van der Waals surface area (Å²) in [5.74, 6) is -6.39. The normalized spacial score (nSPS) is 11.1. The Morgan fingerprint density at radius 1 is 0.929 bits per heavy atom. The highest BCUT2D eigenvalue weighted by Crippen LogP contribution is 2.24. The highest BCUT2D eigenvalue weighted by Gasteiger charge is 2.21. The summed E-state index contributed by atoms with van der Waals surface area (Å²) in [7, 11) is 0. The van der Waals surface area contributed by atoms with Gasteiger partial charge in [-0.15, -0.1) is 0 Å². The van der Waals surface area contributed by atoms with E-state index in [9.17, 15) is 17.6 Å². The zero-order valence-corrected chi connectivity index (χ0v) is 7.82. The topological polar surface area (TPSA) is 15.8 Å². The molecule has 0 aliphatic rings. The monoisotopic (exact) mass is 215 g/mol. The minimum atomic E-state index is -1.80. The smallest absolute Gasteiger partial charge is 0.205 e. The molecule has 0 saturated heterocycles. The molecule has 0 spiro atoms. The van der Waals surface area contributed by atoms with Crippen LogP contribution in [-0.2, 0) is 0 Å². The van der Waals surface area contributed by atoms with E-state index in [2.05, 4.69) is 21.3 Å². The van der Waals surface area contributed by atoms with Crippen molar-refractivity contribution in [3.05, 3.63) is 29.3 Å². The fraction of sp³-hybridized carbons (Fsp3) is 0. The van der Waals surface area contributed by atoms with E-state index in [1.807, 2.05) is 0 Å². The Labute approximate surface area is 84.1 Å². The maximum Gasteiger partial charge on any atom is 0.205 e. The molecule has 14 heavy (non-hydrogen) atoms. The summed E-state index contributed by atoms with van der Waals surface area (Å²) in [5.41, 5.74) is -0.369. The van der Waals surface area contributed by atoms with Gasteiger partial charge in [0.25, 0.3) is 0 Å². The largest absolute Gasteiger partial charge is 0.374 e. The van der Waals surface area contributed by atoms with Crippen LogP contribution in [0.3, 0.4) is 0 Å². The molecule has 2 aromatic rings. The number of hydrogen-bond donors (Lipinski definition) is 1. The van der Waals surface area contributed by atoms with E-state index in [0.717, 1.165) is 0 Å². The van der Waals surface area contributed by atoms with Gasteiger partial charge in [-0.05, 0) is 0 Å². The summed E-state index contributed by atoms with van der Waals surface area (Å²) in [6.45, 7) is 0. The second-order valence-corrected chi connectivity index (χ2v) is 3.39. The molecule has 1 N–H and O–H groups in total. The second kappa shape index (κ2) is 3.01. The number of fused-ring (bicyclic) bond motifs is 1. The summed E-state index contributed by atoms with van der Waals surface area (Å²) in [6.07, 6.45) is 0. The lowest BCUT2D eigenvalue weighted by Crippen LogP contribution is -2.00. The predicted octanol–water partition coefficient (Wildman–Crippen LogP) is 1.52. The molecular formula is C8H2AlF4N. The van der Waals surface area contributed by atoms with Crippen LogP contribution in [0.4, 0.5) is 17.6 Å². The predicted molar refractivity (Wildman–Crippen MR) is 43.5 cm³/mol. The number of benzene rings is 1. The van der Waals surface area contributed by atoms with E-state index < -0.39 is 23.3 Å². The fourth-order valence-corrected chi connectivity index (χ4v) is 1.55. The van der Waals surface area contributed by atoms with Gasteiger partial charge in [-0.1, -0.05) is 10.6 Å². The van der Waals surface area contributed by atoms with Crippen LogP contribution < -0.4 is 4.56 Å². The van der Waals surface area contributed by atoms with Crippen LogP contribution in [0.2, 0.25) is 0 Å². The van der Waals surface area contributed by atoms with Crippen LogP contribution in [-0.4, -0.2) is 21.3 Å². The summed E-state index contributed by atoms with van der Waals surface area (Å²) < 4.78 is 51.9. The van der Waals surface area contributed by atoms with E-state index in [1.54, 1.807) is 0 Å². The maximum atomic E-state index is 13.0. The van der Waals surface area contributed by atoms with Crippen molar-refractivity contribution in [2.45, 2.75) is 0 Å². The van der Waals surface area contributed by atoms with Gasteiger partial charge in [-0.3, -0.25) is 0 Å². The lowest BCUT2D eigenvalue weighted by Gasteiger charge is -1.99. The molecule has 0 aliphatic carbocycles. The summed E-state index contributed by atoms with van der Waals surface area (Å²) in [4.78, 5) is 2.38. The maximum absolute atomic E-state index is 13.0. The molecule has 1 heterocycles. The minimum Gasteiger partial charge on any atom is -0.374 e. The van der Waals surface area contributed by atoms with Crippen molar-refractivity contribution in [2.24, 2.45) is 0 Å². The van der Waals surface area contributed by atoms with Crippen LogP contribution in [0.5, 0.6) is 0 Å². The first kappa shape index (κ1) is 9.56. The van der Waals surface area contributed by atoms with Crippen LogP contribution in [0.1, 0.15) is 0 Å².